The first-order chi connectivity index (χ1) is 5.29. The first-order valence-corrected chi connectivity index (χ1v) is 4.75. The smallest absolute Gasteiger partial charge is 0.0192 e. The monoisotopic (exact) mass is 156 g/mol. The van der Waals surface area contributed by atoms with Crippen molar-refractivity contribution >= 4 is 0 Å². The van der Waals surface area contributed by atoms with Crippen molar-refractivity contribution in [3.8, 4) is 0 Å². The molecule has 0 aliphatic heterocycles. The summed E-state index contributed by atoms with van der Waals surface area (Å²) in [4.78, 5) is 2.53. The highest BCUT2D eigenvalue weighted by Crippen LogP contribution is 2.25. The Morgan fingerprint density at radius 1 is 1.55 bits per heavy atom. The van der Waals surface area contributed by atoms with Gasteiger partial charge in [-0.15, -0.1) is 0 Å². The molecule has 0 aromatic carbocycles. The minimum atomic E-state index is 0.574. The van der Waals surface area contributed by atoms with Gasteiger partial charge in [-0.3, -0.25) is 4.90 Å². The van der Waals surface area contributed by atoms with Crippen molar-refractivity contribution in [2.45, 2.75) is 45.2 Å². The Morgan fingerprint density at radius 2 is 2.18 bits per heavy atom. The van der Waals surface area contributed by atoms with E-state index in [2.05, 4.69) is 18.7 Å². The van der Waals surface area contributed by atoms with Gasteiger partial charge in [0.1, 0.15) is 0 Å². The third kappa shape index (κ3) is 1.94. The number of nitrogens with zero attached hydrogens (tertiary/aromatic N) is 1. The summed E-state index contributed by atoms with van der Waals surface area (Å²) in [5.41, 5.74) is 5.62. The third-order valence-corrected chi connectivity index (χ3v) is 2.82. The molecule has 1 aliphatic rings. The lowest BCUT2D eigenvalue weighted by Crippen LogP contribution is -2.48. The van der Waals surface area contributed by atoms with Crippen molar-refractivity contribution < 1.29 is 0 Å². The van der Waals surface area contributed by atoms with Gasteiger partial charge in [0, 0.05) is 18.6 Å². The zero-order chi connectivity index (χ0) is 8.27. The van der Waals surface area contributed by atoms with Gasteiger partial charge < -0.3 is 5.73 Å². The Morgan fingerprint density at radius 3 is 2.45 bits per heavy atom. The van der Waals surface area contributed by atoms with Gasteiger partial charge in [0.15, 0.2) is 0 Å². The maximum absolute atomic E-state index is 5.62. The number of rotatable bonds is 4. The highest BCUT2D eigenvalue weighted by molar-refractivity contribution is 4.82. The molecule has 1 aliphatic carbocycles. The lowest BCUT2D eigenvalue weighted by Gasteiger charge is -2.40. The molecule has 0 heterocycles. The Labute approximate surface area is 69.8 Å². The molecule has 1 rings (SSSR count). The summed E-state index contributed by atoms with van der Waals surface area (Å²) in [6.07, 6.45) is 4.19. The molecule has 0 radical (unpaired) electrons. The summed E-state index contributed by atoms with van der Waals surface area (Å²) in [6.45, 7) is 6.40. The van der Waals surface area contributed by atoms with E-state index in [4.69, 9.17) is 5.73 Å². The highest BCUT2D eigenvalue weighted by atomic mass is 15.2. The van der Waals surface area contributed by atoms with Gasteiger partial charge in [-0.05, 0) is 26.3 Å². The van der Waals surface area contributed by atoms with E-state index in [0.717, 1.165) is 19.1 Å². The van der Waals surface area contributed by atoms with Crippen LogP contribution >= 0.6 is 0 Å². The summed E-state index contributed by atoms with van der Waals surface area (Å²) in [6, 6.07) is 1.42. The van der Waals surface area contributed by atoms with E-state index in [0.29, 0.717) is 6.04 Å². The third-order valence-electron chi connectivity index (χ3n) is 2.82. The fourth-order valence-corrected chi connectivity index (χ4v) is 1.78. The lowest BCUT2D eigenvalue weighted by atomic mass is 9.90. The Balaban J connectivity index is 2.34. The maximum atomic E-state index is 5.62. The van der Waals surface area contributed by atoms with Crippen molar-refractivity contribution in [2.24, 2.45) is 5.73 Å². The van der Waals surface area contributed by atoms with Gasteiger partial charge in [-0.25, -0.2) is 0 Å². The minimum absolute atomic E-state index is 0.574. The van der Waals surface area contributed by atoms with Crippen molar-refractivity contribution in [3.05, 3.63) is 0 Å². The van der Waals surface area contributed by atoms with E-state index in [9.17, 15) is 0 Å². The van der Waals surface area contributed by atoms with Crippen LogP contribution in [0.1, 0.15) is 33.1 Å². The standard InChI is InChI=1S/C9H20N2/c1-3-11(8(2)7-10)9-5-4-6-9/h8-9H,3-7,10H2,1-2H3. The van der Waals surface area contributed by atoms with E-state index in [1.165, 1.54) is 19.3 Å². The Hall–Kier alpha value is -0.0800. The quantitative estimate of drug-likeness (QED) is 0.663. The number of hydrogen-bond acceptors (Lipinski definition) is 2. The van der Waals surface area contributed by atoms with Crippen molar-refractivity contribution in [3.63, 3.8) is 0 Å². The van der Waals surface area contributed by atoms with E-state index < -0.39 is 0 Å². The molecular formula is C9H20N2. The van der Waals surface area contributed by atoms with Crippen LogP contribution in [0.5, 0.6) is 0 Å². The van der Waals surface area contributed by atoms with Crippen molar-refractivity contribution in [1.82, 2.24) is 4.90 Å². The van der Waals surface area contributed by atoms with Crippen LogP contribution in [-0.4, -0.2) is 30.1 Å². The van der Waals surface area contributed by atoms with Crippen LogP contribution in [0.25, 0.3) is 0 Å². The number of likely N-dealkylation sites (N-methyl/N-ethyl adjacent to an activating group) is 1. The van der Waals surface area contributed by atoms with E-state index >= 15 is 0 Å². The summed E-state index contributed by atoms with van der Waals surface area (Å²) >= 11 is 0. The molecule has 0 aromatic rings. The molecule has 1 atom stereocenters. The molecule has 66 valence electrons. The van der Waals surface area contributed by atoms with Crippen LogP contribution in [0, 0.1) is 0 Å². The molecule has 2 nitrogen and oxygen atoms in total. The average molecular weight is 156 g/mol. The SMILES string of the molecule is CCN(C(C)CN)C1CCC1. The van der Waals surface area contributed by atoms with Crippen LogP contribution in [0.2, 0.25) is 0 Å². The molecule has 0 spiro atoms. The Bertz CT molecular complexity index is 105. The molecule has 0 saturated heterocycles. The van der Waals surface area contributed by atoms with Crippen LogP contribution < -0.4 is 5.73 Å². The normalized spacial score (nSPS) is 21.8. The van der Waals surface area contributed by atoms with Gasteiger partial charge in [-0.2, -0.15) is 0 Å². The molecule has 0 aromatic heterocycles. The van der Waals surface area contributed by atoms with Crippen LogP contribution in [0.3, 0.4) is 0 Å². The summed E-state index contributed by atoms with van der Waals surface area (Å²) in [5.74, 6) is 0. The molecule has 0 amide bonds. The van der Waals surface area contributed by atoms with E-state index in [1.54, 1.807) is 0 Å². The van der Waals surface area contributed by atoms with Crippen LogP contribution in [-0.2, 0) is 0 Å². The molecule has 2 N–H and O–H groups in total. The summed E-state index contributed by atoms with van der Waals surface area (Å²) in [7, 11) is 0. The molecule has 2 heteroatoms. The molecule has 0 bridgehead atoms. The molecule has 1 fully saturated rings. The zero-order valence-electron chi connectivity index (χ0n) is 7.71. The summed E-state index contributed by atoms with van der Waals surface area (Å²) in [5, 5.41) is 0. The lowest BCUT2D eigenvalue weighted by molar-refractivity contribution is 0.0966. The zero-order valence-corrected chi connectivity index (χ0v) is 7.71. The van der Waals surface area contributed by atoms with Gasteiger partial charge in [0.2, 0.25) is 0 Å². The van der Waals surface area contributed by atoms with Gasteiger partial charge >= 0.3 is 0 Å². The number of nitrogens with two attached hydrogens (primary N) is 1. The molecule has 1 unspecified atom stereocenters. The predicted octanol–water partition coefficient (Wildman–Crippen LogP) is 1.21. The van der Waals surface area contributed by atoms with Gasteiger partial charge in [-0.1, -0.05) is 13.3 Å². The summed E-state index contributed by atoms with van der Waals surface area (Å²) < 4.78 is 0. The molecule has 11 heavy (non-hydrogen) atoms. The van der Waals surface area contributed by atoms with E-state index in [1.807, 2.05) is 0 Å². The Kier molecular flexibility index (Phi) is 3.34. The molecule has 1 saturated carbocycles. The number of hydrogen-bond donors (Lipinski definition) is 1. The first kappa shape index (κ1) is 9.01. The fourth-order valence-electron chi connectivity index (χ4n) is 1.78. The van der Waals surface area contributed by atoms with Crippen molar-refractivity contribution in [1.29, 1.82) is 0 Å². The van der Waals surface area contributed by atoms with E-state index in [-0.39, 0.29) is 0 Å². The predicted molar refractivity (Wildman–Crippen MR) is 48.5 cm³/mol. The van der Waals surface area contributed by atoms with Crippen molar-refractivity contribution in [2.75, 3.05) is 13.1 Å². The first-order valence-electron chi connectivity index (χ1n) is 4.75. The average Bonchev–Trinajstić information content (AvgIpc) is 1.94. The van der Waals surface area contributed by atoms with Gasteiger partial charge in [0.05, 0.1) is 0 Å². The van der Waals surface area contributed by atoms with Crippen LogP contribution in [0.15, 0.2) is 0 Å². The second-order valence-corrected chi connectivity index (χ2v) is 3.50. The fraction of sp³-hybridized carbons (Fsp3) is 1.00. The van der Waals surface area contributed by atoms with Crippen LogP contribution in [0.4, 0.5) is 0 Å². The molecular weight excluding hydrogens is 136 g/mol. The minimum Gasteiger partial charge on any atom is -0.329 e. The topological polar surface area (TPSA) is 29.3 Å². The maximum Gasteiger partial charge on any atom is 0.0192 e. The largest absolute Gasteiger partial charge is 0.329 e. The highest BCUT2D eigenvalue weighted by Gasteiger charge is 2.26. The van der Waals surface area contributed by atoms with Gasteiger partial charge in [0.25, 0.3) is 0 Å². The second-order valence-electron chi connectivity index (χ2n) is 3.50. The second kappa shape index (κ2) is 4.07.